The molecule has 0 saturated heterocycles. The average molecular weight is 242 g/mol. The molecule has 92 valence electrons. The van der Waals surface area contributed by atoms with Gasteiger partial charge in [0.15, 0.2) is 6.10 Å². The van der Waals surface area contributed by atoms with Gasteiger partial charge in [0.05, 0.1) is 5.97 Å². The topological polar surface area (TPSA) is 110 Å². The highest BCUT2D eigenvalue weighted by Gasteiger charge is 2.25. The summed E-state index contributed by atoms with van der Waals surface area (Å²) in [6.07, 6.45) is -4.49. The summed E-state index contributed by atoms with van der Waals surface area (Å²) in [5.74, 6) is -3.61. The summed E-state index contributed by atoms with van der Waals surface area (Å²) >= 11 is 0. The number of halogens is 1. The number of aliphatic carboxylic acids is 1. The number of hydrogen-bond donors (Lipinski definition) is 3. The SMILES string of the molecule is O=C(Nc1ccc(F)cc1)[C@@H](O)[C@@H](O)C(=O)[O-]. The van der Waals surface area contributed by atoms with Crippen molar-refractivity contribution in [1.29, 1.82) is 0 Å². The standard InChI is InChI=1S/C10H10FNO5/c11-5-1-3-6(4-2-5)12-9(15)7(13)8(14)10(16)17/h1-4,7-8,13-14H,(H,12,15)(H,16,17)/p-1/t7-,8+/m0/s1. The van der Waals surface area contributed by atoms with Crippen LogP contribution in [0, 0.1) is 5.82 Å². The highest BCUT2D eigenvalue weighted by atomic mass is 19.1. The number of carboxylic acids is 1. The van der Waals surface area contributed by atoms with E-state index in [2.05, 4.69) is 5.32 Å². The van der Waals surface area contributed by atoms with Gasteiger partial charge in [0.2, 0.25) is 0 Å². The van der Waals surface area contributed by atoms with Gasteiger partial charge in [0.25, 0.3) is 5.91 Å². The van der Waals surface area contributed by atoms with Crippen molar-refractivity contribution >= 4 is 17.6 Å². The van der Waals surface area contributed by atoms with E-state index >= 15 is 0 Å². The Morgan fingerprint density at radius 3 is 2.18 bits per heavy atom. The van der Waals surface area contributed by atoms with Crippen LogP contribution in [0.1, 0.15) is 0 Å². The highest BCUT2D eigenvalue weighted by Crippen LogP contribution is 2.09. The van der Waals surface area contributed by atoms with Crippen LogP contribution in [0.2, 0.25) is 0 Å². The summed E-state index contributed by atoms with van der Waals surface area (Å²) in [5.41, 5.74) is 0.154. The zero-order chi connectivity index (χ0) is 13.0. The third-order valence-corrected chi connectivity index (χ3v) is 1.92. The molecule has 0 fully saturated rings. The van der Waals surface area contributed by atoms with E-state index in [1.165, 1.54) is 12.1 Å². The number of rotatable bonds is 4. The first kappa shape index (κ1) is 13.1. The van der Waals surface area contributed by atoms with Crippen molar-refractivity contribution in [2.75, 3.05) is 5.32 Å². The van der Waals surface area contributed by atoms with E-state index in [0.29, 0.717) is 0 Å². The Balaban J connectivity index is 2.66. The minimum absolute atomic E-state index is 0.154. The van der Waals surface area contributed by atoms with Gasteiger partial charge in [-0.1, -0.05) is 0 Å². The molecule has 2 atom stereocenters. The van der Waals surface area contributed by atoms with Gasteiger partial charge in [-0.3, -0.25) is 4.79 Å². The number of carbonyl (C=O) groups excluding carboxylic acids is 2. The minimum Gasteiger partial charge on any atom is -0.547 e. The van der Waals surface area contributed by atoms with Crippen molar-refractivity contribution in [2.45, 2.75) is 12.2 Å². The summed E-state index contributed by atoms with van der Waals surface area (Å²) < 4.78 is 12.5. The third kappa shape index (κ3) is 3.51. The number of aliphatic hydroxyl groups excluding tert-OH is 2. The fourth-order valence-corrected chi connectivity index (χ4v) is 1.02. The predicted molar refractivity (Wildman–Crippen MR) is 52.1 cm³/mol. The zero-order valence-corrected chi connectivity index (χ0v) is 8.46. The maximum Gasteiger partial charge on any atom is 0.256 e. The van der Waals surface area contributed by atoms with Crippen LogP contribution in [0.15, 0.2) is 24.3 Å². The van der Waals surface area contributed by atoms with E-state index in [9.17, 15) is 19.1 Å². The number of aliphatic hydroxyl groups is 2. The number of amides is 1. The van der Waals surface area contributed by atoms with Crippen molar-refractivity contribution in [1.82, 2.24) is 0 Å². The molecule has 0 aliphatic rings. The smallest absolute Gasteiger partial charge is 0.256 e. The third-order valence-electron chi connectivity index (χ3n) is 1.92. The van der Waals surface area contributed by atoms with Gasteiger partial charge in [0, 0.05) is 5.69 Å². The van der Waals surface area contributed by atoms with Crippen molar-refractivity contribution in [3.63, 3.8) is 0 Å². The van der Waals surface area contributed by atoms with Gasteiger partial charge in [-0.05, 0) is 24.3 Å². The van der Waals surface area contributed by atoms with Gasteiger partial charge in [-0.2, -0.15) is 0 Å². The minimum atomic E-state index is -2.32. The van der Waals surface area contributed by atoms with Gasteiger partial charge >= 0.3 is 0 Å². The molecule has 0 aliphatic heterocycles. The number of benzene rings is 1. The molecule has 0 radical (unpaired) electrons. The Morgan fingerprint density at radius 1 is 1.18 bits per heavy atom. The molecule has 0 aromatic heterocycles. The molecule has 1 aromatic rings. The lowest BCUT2D eigenvalue weighted by Crippen LogP contribution is -2.48. The zero-order valence-electron chi connectivity index (χ0n) is 8.46. The van der Waals surface area contributed by atoms with Gasteiger partial charge in [-0.25, -0.2) is 4.39 Å². The summed E-state index contributed by atoms with van der Waals surface area (Å²) in [4.78, 5) is 21.4. The van der Waals surface area contributed by atoms with Crippen LogP contribution < -0.4 is 10.4 Å². The lowest BCUT2D eigenvalue weighted by atomic mass is 10.2. The van der Waals surface area contributed by atoms with Crippen LogP contribution in [0.4, 0.5) is 10.1 Å². The van der Waals surface area contributed by atoms with Crippen LogP contribution in [0.5, 0.6) is 0 Å². The van der Waals surface area contributed by atoms with Gasteiger partial charge in [0.1, 0.15) is 11.9 Å². The molecule has 7 heteroatoms. The van der Waals surface area contributed by atoms with E-state index in [1.807, 2.05) is 0 Å². The number of anilines is 1. The van der Waals surface area contributed by atoms with Crippen molar-refractivity contribution < 1.29 is 29.3 Å². The molecule has 3 N–H and O–H groups in total. The number of carboxylic acid groups (broad SMARTS) is 1. The molecular formula is C10H9FNO5-. The second-order valence-electron chi connectivity index (χ2n) is 3.20. The van der Waals surface area contributed by atoms with Crippen molar-refractivity contribution in [2.24, 2.45) is 0 Å². The molecule has 1 amide bonds. The fraction of sp³-hybridized carbons (Fsp3) is 0.200. The predicted octanol–water partition coefficient (Wildman–Crippen LogP) is -1.76. The van der Waals surface area contributed by atoms with Gasteiger partial charge in [-0.15, -0.1) is 0 Å². The first-order valence-electron chi connectivity index (χ1n) is 4.55. The van der Waals surface area contributed by atoms with Crippen LogP contribution in [0.25, 0.3) is 0 Å². The monoisotopic (exact) mass is 242 g/mol. The van der Waals surface area contributed by atoms with Crippen LogP contribution >= 0.6 is 0 Å². The fourth-order valence-electron chi connectivity index (χ4n) is 1.02. The first-order valence-corrected chi connectivity index (χ1v) is 4.55. The van der Waals surface area contributed by atoms with Crippen LogP contribution in [-0.4, -0.2) is 34.3 Å². The molecular weight excluding hydrogens is 233 g/mol. The average Bonchev–Trinajstić information content (AvgIpc) is 2.30. The Kier molecular flexibility index (Phi) is 4.13. The molecule has 0 spiro atoms. The summed E-state index contributed by atoms with van der Waals surface area (Å²) in [6, 6.07) is 4.56. The van der Waals surface area contributed by atoms with E-state index < -0.39 is 29.9 Å². The lowest BCUT2D eigenvalue weighted by molar-refractivity contribution is -0.317. The second kappa shape index (κ2) is 5.37. The van der Waals surface area contributed by atoms with Crippen LogP contribution in [-0.2, 0) is 9.59 Å². The van der Waals surface area contributed by atoms with Crippen molar-refractivity contribution in [3.05, 3.63) is 30.1 Å². The van der Waals surface area contributed by atoms with E-state index in [4.69, 9.17) is 10.2 Å². The summed E-state index contributed by atoms with van der Waals surface area (Å²) in [6.45, 7) is 0. The largest absolute Gasteiger partial charge is 0.547 e. The number of hydrogen-bond acceptors (Lipinski definition) is 5. The van der Waals surface area contributed by atoms with E-state index in [0.717, 1.165) is 12.1 Å². The quantitative estimate of drug-likeness (QED) is 0.579. The Morgan fingerprint density at radius 2 is 1.71 bits per heavy atom. The first-order chi connectivity index (χ1) is 7.91. The van der Waals surface area contributed by atoms with Crippen molar-refractivity contribution in [3.8, 4) is 0 Å². The van der Waals surface area contributed by atoms with E-state index in [1.54, 1.807) is 0 Å². The highest BCUT2D eigenvalue weighted by molar-refractivity contribution is 5.96. The number of carbonyl (C=O) groups is 2. The molecule has 0 aliphatic carbocycles. The van der Waals surface area contributed by atoms with Crippen LogP contribution in [0.3, 0.4) is 0 Å². The Hall–Kier alpha value is -1.99. The molecule has 1 rings (SSSR count). The molecule has 0 heterocycles. The maximum atomic E-state index is 12.5. The maximum absolute atomic E-state index is 12.5. The molecule has 1 aromatic carbocycles. The molecule has 17 heavy (non-hydrogen) atoms. The summed E-state index contributed by atoms with van der Waals surface area (Å²) in [5, 5.41) is 30.3. The Bertz CT molecular complexity index is 419. The molecule has 0 saturated carbocycles. The number of nitrogens with one attached hydrogen (secondary N) is 1. The lowest BCUT2D eigenvalue weighted by Gasteiger charge is -2.17. The Labute approximate surface area is 95.3 Å². The van der Waals surface area contributed by atoms with E-state index in [-0.39, 0.29) is 5.69 Å². The second-order valence-corrected chi connectivity index (χ2v) is 3.20. The summed E-state index contributed by atoms with van der Waals surface area (Å²) in [7, 11) is 0. The van der Waals surface area contributed by atoms with Gasteiger partial charge < -0.3 is 25.4 Å². The molecule has 6 nitrogen and oxygen atoms in total. The molecule has 0 bridgehead atoms. The molecule has 0 unspecified atom stereocenters. The normalized spacial score (nSPS) is 13.8.